The number of hydrogen-bond donors (Lipinski definition) is 1. The van der Waals surface area contributed by atoms with Gasteiger partial charge in [-0.2, -0.15) is 0 Å². The lowest BCUT2D eigenvalue weighted by atomic mass is 10.0. The van der Waals surface area contributed by atoms with Gasteiger partial charge in [0.05, 0.1) is 17.5 Å². The number of piperidine rings is 1. The van der Waals surface area contributed by atoms with Crippen molar-refractivity contribution in [1.82, 2.24) is 19.4 Å². The van der Waals surface area contributed by atoms with Gasteiger partial charge in [0.2, 0.25) is 5.91 Å². The number of hydrogen-bond acceptors (Lipinski definition) is 5. The number of fused-ring (bicyclic) bond motifs is 2. The van der Waals surface area contributed by atoms with Crippen LogP contribution in [0.2, 0.25) is 5.02 Å². The summed E-state index contributed by atoms with van der Waals surface area (Å²) < 4.78 is 7.58. The van der Waals surface area contributed by atoms with Crippen LogP contribution in [-0.4, -0.2) is 45.5 Å². The second-order valence-electron chi connectivity index (χ2n) is 9.06. The maximum atomic E-state index is 11.9. The summed E-state index contributed by atoms with van der Waals surface area (Å²) in [5.74, 6) is 9.03. The maximum Gasteiger partial charge on any atom is 0.245 e. The van der Waals surface area contributed by atoms with Crippen molar-refractivity contribution >= 4 is 34.4 Å². The molecule has 1 saturated heterocycles. The summed E-state index contributed by atoms with van der Waals surface area (Å²) in [6.07, 6.45) is 2.86. The first kappa shape index (κ1) is 22.3. The number of carbonyl (C=O) groups is 1. The van der Waals surface area contributed by atoms with Gasteiger partial charge in [-0.1, -0.05) is 30.2 Å². The highest BCUT2D eigenvalue weighted by Crippen LogP contribution is 2.51. The van der Waals surface area contributed by atoms with Crippen LogP contribution in [0, 0.1) is 29.6 Å². The van der Waals surface area contributed by atoms with E-state index < -0.39 is 0 Å². The average molecular weight is 476 g/mol. The van der Waals surface area contributed by atoms with Crippen molar-refractivity contribution in [2.24, 2.45) is 17.8 Å². The largest absolute Gasteiger partial charge is 0.495 e. The minimum absolute atomic E-state index is 0.00753. The van der Waals surface area contributed by atoms with Crippen LogP contribution in [0.3, 0.4) is 0 Å². The lowest BCUT2D eigenvalue weighted by molar-refractivity contribution is -0.125. The summed E-state index contributed by atoms with van der Waals surface area (Å²) in [4.78, 5) is 22.6. The predicted molar refractivity (Wildman–Crippen MR) is 133 cm³/mol. The van der Waals surface area contributed by atoms with E-state index in [1.807, 2.05) is 23.1 Å². The molecule has 1 aliphatic carbocycles. The monoisotopic (exact) mass is 475 g/mol. The van der Waals surface area contributed by atoms with E-state index in [4.69, 9.17) is 22.1 Å². The highest BCUT2D eigenvalue weighted by atomic mass is 35.5. The molecule has 0 unspecified atom stereocenters. The Hall–Kier alpha value is -3.50. The zero-order valence-corrected chi connectivity index (χ0v) is 20.1. The molecule has 3 heterocycles. The van der Waals surface area contributed by atoms with Gasteiger partial charge in [-0.15, -0.1) is 0 Å². The fraction of sp³-hybridized carbons (Fsp3) is 0.346. The molecule has 8 heteroatoms. The average Bonchev–Trinajstić information content (AvgIpc) is 3.15. The van der Waals surface area contributed by atoms with Crippen LogP contribution in [-0.2, 0) is 4.79 Å². The number of likely N-dealkylation sites (tertiary alicyclic amines) is 1. The van der Waals surface area contributed by atoms with Crippen LogP contribution in [0.25, 0.3) is 22.2 Å². The van der Waals surface area contributed by atoms with Gasteiger partial charge in [0.1, 0.15) is 29.2 Å². The van der Waals surface area contributed by atoms with Gasteiger partial charge in [-0.25, -0.2) is 9.97 Å². The van der Waals surface area contributed by atoms with E-state index in [1.54, 1.807) is 7.11 Å². The Morgan fingerprint density at radius 3 is 2.71 bits per heavy atom. The van der Waals surface area contributed by atoms with Crippen LogP contribution in [0.1, 0.15) is 25.6 Å². The molecule has 34 heavy (non-hydrogen) atoms. The molecule has 1 amide bonds. The topological polar surface area (TPSA) is 86.3 Å². The van der Waals surface area contributed by atoms with E-state index in [9.17, 15) is 4.79 Å². The first-order chi connectivity index (χ1) is 16.3. The van der Waals surface area contributed by atoms with Crippen molar-refractivity contribution in [2.75, 3.05) is 25.9 Å². The van der Waals surface area contributed by atoms with E-state index in [0.717, 1.165) is 40.9 Å². The summed E-state index contributed by atoms with van der Waals surface area (Å²) in [6, 6.07) is 5.74. The summed E-state index contributed by atoms with van der Waals surface area (Å²) >= 11 is 6.30. The minimum Gasteiger partial charge on any atom is -0.495 e. The van der Waals surface area contributed by atoms with Crippen molar-refractivity contribution in [1.29, 1.82) is 0 Å². The Morgan fingerprint density at radius 1 is 1.32 bits per heavy atom. The first-order valence-electron chi connectivity index (χ1n) is 11.3. The molecule has 1 aromatic carbocycles. The van der Waals surface area contributed by atoms with Gasteiger partial charge >= 0.3 is 0 Å². The molecule has 0 bridgehead atoms. The molecule has 2 fully saturated rings. The molecule has 1 saturated carbocycles. The number of ether oxygens (including phenoxy) is 1. The summed E-state index contributed by atoms with van der Waals surface area (Å²) in [5.41, 5.74) is 9.70. The molecule has 3 aromatic rings. The Labute approximate surface area is 203 Å². The van der Waals surface area contributed by atoms with E-state index >= 15 is 0 Å². The third kappa shape index (κ3) is 3.50. The zero-order valence-electron chi connectivity index (χ0n) is 19.4. The molecule has 0 radical (unpaired) electrons. The Bertz CT molecular complexity index is 1370. The second kappa shape index (κ2) is 8.37. The minimum atomic E-state index is -0.00753. The third-order valence-corrected chi connectivity index (χ3v) is 7.12. The molecule has 5 rings (SSSR count). The molecule has 174 valence electrons. The molecule has 0 spiro atoms. The Kier molecular flexibility index (Phi) is 5.49. The quantitative estimate of drug-likeness (QED) is 0.452. The number of nitrogens with zero attached hydrogens (tertiary/aromatic N) is 4. The first-order valence-corrected chi connectivity index (χ1v) is 11.6. The lowest BCUT2D eigenvalue weighted by Gasteiger charge is -2.16. The molecule has 2 aromatic heterocycles. The SMILES string of the molecule is C=CC(=O)N1C[C@@H]2[C@@H](C#Cc3c(-c4ccc(Cl)c(OC)c4)c4c(N)ncnc4n3C(C)C)[C@@H]2C1. The third-order valence-electron chi connectivity index (χ3n) is 6.81. The number of methoxy groups -OCH3 is 1. The van der Waals surface area contributed by atoms with E-state index in [1.165, 1.54) is 12.4 Å². The highest BCUT2D eigenvalue weighted by molar-refractivity contribution is 6.32. The molecule has 7 nitrogen and oxygen atoms in total. The van der Waals surface area contributed by atoms with Crippen molar-refractivity contribution in [2.45, 2.75) is 19.9 Å². The van der Waals surface area contributed by atoms with Crippen molar-refractivity contribution in [3.05, 3.63) is 47.9 Å². The second-order valence-corrected chi connectivity index (χ2v) is 9.47. The van der Waals surface area contributed by atoms with Gasteiger partial charge in [0, 0.05) is 30.6 Å². The molecular weight excluding hydrogens is 450 g/mol. The van der Waals surface area contributed by atoms with E-state index in [2.05, 4.69) is 46.8 Å². The van der Waals surface area contributed by atoms with Gasteiger partial charge in [0.15, 0.2) is 0 Å². The van der Waals surface area contributed by atoms with Crippen LogP contribution in [0.15, 0.2) is 37.2 Å². The number of benzene rings is 1. The number of nitrogens with two attached hydrogens (primary N) is 1. The number of aromatic nitrogens is 3. The zero-order chi connectivity index (χ0) is 24.1. The van der Waals surface area contributed by atoms with Gasteiger partial charge in [-0.3, -0.25) is 4.79 Å². The summed E-state index contributed by atoms with van der Waals surface area (Å²) in [6.45, 7) is 9.26. The van der Waals surface area contributed by atoms with E-state index in [-0.39, 0.29) is 17.9 Å². The van der Waals surface area contributed by atoms with Crippen molar-refractivity contribution in [3.63, 3.8) is 0 Å². The number of rotatable bonds is 4. The van der Waals surface area contributed by atoms with Crippen LogP contribution < -0.4 is 10.5 Å². The smallest absolute Gasteiger partial charge is 0.245 e. The molecule has 3 atom stereocenters. The number of anilines is 1. The Balaban J connectivity index is 1.63. The number of carbonyl (C=O) groups excluding carboxylic acids is 1. The predicted octanol–water partition coefficient (Wildman–Crippen LogP) is 4.17. The van der Waals surface area contributed by atoms with Crippen molar-refractivity contribution < 1.29 is 9.53 Å². The van der Waals surface area contributed by atoms with Crippen LogP contribution >= 0.6 is 11.6 Å². The number of nitrogen functional groups attached to an aromatic ring is 1. The van der Waals surface area contributed by atoms with E-state index in [0.29, 0.717) is 28.4 Å². The number of amides is 1. The molecule has 2 N–H and O–H groups in total. The Morgan fingerprint density at radius 2 is 2.06 bits per heavy atom. The molecular formula is C26H26ClN5O2. The highest BCUT2D eigenvalue weighted by Gasteiger charge is 2.55. The number of halogens is 1. The fourth-order valence-electron chi connectivity index (χ4n) is 5.08. The maximum absolute atomic E-state index is 11.9. The van der Waals surface area contributed by atoms with Crippen LogP contribution in [0.4, 0.5) is 5.82 Å². The van der Waals surface area contributed by atoms with Crippen molar-refractivity contribution in [3.8, 4) is 28.7 Å². The van der Waals surface area contributed by atoms with Gasteiger partial charge in [0.25, 0.3) is 0 Å². The molecule has 2 aliphatic rings. The lowest BCUT2D eigenvalue weighted by Crippen LogP contribution is -2.29. The standard InChI is InChI=1S/C26H26ClN5O2/c1-5-22(33)31-11-17-16(18(17)12-31)7-9-20-23(15-6-8-19(27)21(10-15)34-4)24-25(28)29-13-30-26(24)32(20)14(2)3/h5-6,8,10,13-14,16-18H,1,11-12H2,2-4H3,(H2,28,29,30)/t16-,17-,18+. The normalized spacial score (nSPS) is 20.7. The molecule has 1 aliphatic heterocycles. The fourth-order valence-corrected chi connectivity index (χ4v) is 5.27. The summed E-state index contributed by atoms with van der Waals surface area (Å²) in [7, 11) is 1.59. The summed E-state index contributed by atoms with van der Waals surface area (Å²) in [5, 5.41) is 1.30. The van der Waals surface area contributed by atoms with Crippen LogP contribution in [0.5, 0.6) is 5.75 Å². The van der Waals surface area contributed by atoms with Gasteiger partial charge in [-0.05, 0) is 55.4 Å². The van der Waals surface area contributed by atoms with Gasteiger partial charge < -0.3 is 19.9 Å².